The SMILES string of the molecule is CC(C)OC(=O)N[C@H]1CC[C@H](c2ncc(-c3ccc(N)cc3P3(=O)CCC3)s2)CC1. The van der Waals surface area contributed by atoms with Gasteiger partial charge in [-0.05, 0) is 58.1 Å². The first-order valence-electron chi connectivity index (χ1n) is 10.8. The summed E-state index contributed by atoms with van der Waals surface area (Å²) in [5.41, 5.74) is 7.70. The summed E-state index contributed by atoms with van der Waals surface area (Å²) in [6.07, 6.45) is 7.92. The van der Waals surface area contributed by atoms with Crippen molar-refractivity contribution in [1.82, 2.24) is 10.3 Å². The Hall–Kier alpha value is -1.85. The Morgan fingerprint density at radius 1 is 1.27 bits per heavy atom. The minimum absolute atomic E-state index is 0.107. The number of nitrogen functional groups attached to an aromatic ring is 1. The lowest BCUT2D eigenvalue weighted by Gasteiger charge is -2.29. The molecule has 1 aliphatic carbocycles. The molecule has 1 saturated heterocycles. The standard InChI is InChI=1S/C22H30N3O3PS/c1-14(2)28-22(26)25-17-7-4-15(5-8-17)21-24-13-20(30-21)18-9-6-16(23)12-19(18)29(27)10-3-11-29/h6,9,12-15,17H,3-5,7-8,10-11,23H2,1-2H3,(H,25,26)/t15-,17-. The minimum Gasteiger partial charge on any atom is -0.447 e. The van der Waals surface area contributed by atoms with Crippen LogP contribution in [0.5, 0.6) is 0 Å². The van der Waals surface area contributed by atoms with Crippen molar-refractivity contribution in [1.29, 1.82) is 0 Å². The number of alkyl carbamates (subject to hydrolysis) is 1. The Morgan fingerprint density at radius 3 is 2.63 bits per heavy atom. The molecule has 162 valence electrons. The Balaban J connectivity index is 1.44. The highest BCUT2D eigenvalue weighted by Crippen LogP contribution is 2.56. The molecule has 2 heterocycles. The summed E-state index contributed by atoms with van der Waals surface area (Å²) in [6, 6.07) is 5.96. The zero-order valence-electron chi connectivity index (χ0n) is 17.6. The molecule has 4 rings (SSSR count). The smallest absolute Gasteiger partial charge is 0.407 e. The molecule has 1 aliphatic heterocycles. The lowest BCUT2D eigenvalue weighted by atomic mass is 9.86. The van der Waals surface area contributed by atoms with Crippen molar-refractivity contribution in [2.24, 2.45) is 0 Å². The van der Waals surface area contributed by atoms with Gasteiger partial charge in [0.1, 0.15) is 7.14 Å². The first kappa shape index (κ1) is 21.4. The molecule has 2 aromatic rings. The number of thiazole rings is 1. The lowest BCUT2D eigenvalue weighted by molar-refractivity contribution is 0.109. The largest absolute Gasteiger partial charge is 0.447 e. The monoisotopic (exact) mass is 447 g/mol. The van der Waals surface area contributed by atoms with Crippen LogP contribution in [0.1, 0.15) is 56.9 Å². The number of nitrogens with one attached hydrogen (secondary N) is 1. The predicted molar refractivity (Wildman–Crippen MR) is 123 cm³/mol. The molecule has 1 aromatic heterocycles. The van der Waals surface area contributed by atoms with E-state index in [1.54, 1.807) is 11.3 Å². The van der Waals surface area contributed by atoms with E-state index >= 15 is 0 Å². The Morgan fingerprint density at radius 2 is 2.00 bits per heavy atom. The van der Waals surface area contributed by atoms with Crippen LogP contribution in [0.15, 0.2) is 24.4 Å². The number of rotatable bonds is 5. The molecule has 1 saturated carbocycles. The van der Waals surface area contributed by atoms with Gasteiger partial charge in [0.15, 0.2) is 0 Å². The average molecular weight is 448 g/mol. The molecule has 2 aliphatic rings. The number of nitrogens with two attached hydrogens (primary N) is 1. The first-order chi connectivity index (χ1) is 14.3. The van der Waals surface area contributed by atoms with E-state index < -0.39 is 7.14 Å². The molecule has 8 heteroatoms. The number of amides is 1. The third-order valence-corrected chi connectivity index (χ3v) is 10.5. The minimum atomic E-state index is -2.28. The summed E-state index contributed by atoms with van der Waals surface area (Å²) in [6.45, 7) is 3.70. The van der Waals surface area contributed by atoms with E-state index in [1.165, 1.54) is 0 Å². The van der Waals surface area contributed by atoms with Gasteiger partial charge in [0.05, 0.1) is 16.0 Å². The fraction of sp³-hybridized carbons (Fsp3) is 0.545. The molecule has 0 atom stereocenters. The van der Waals surface area contributed by atoms with Crippen LogP contribution >= 0.6 is 18.5 Å². The van der Waals surface area contributed by atoms with Crippen molar-refractivity contribution in [3.8, 4) is 10.4 Å². The lowest BCUT2D eigenvalue weighted by Crippen LogP contribution is -2.38. The highest BCUT2D eigenvalue weighted by atomic mass is 32.1. The van der Waals surface area contributed by atoms with Crippen molar-refractivity contribution in [3.63, 3.8) is 0 Å². The van der Waals surface area contributed by atoms with Crippen LogP contribution in [0, 0.1) is 0 Å². The zero-order valence-corrected chi connectivity index (χ0v) is 19.3. The summed E-state index contributed by atoms with van der Waals surface area (Å²) in [4.78, 5) is 17.6. The summed E-state index contributed by atoms with van der Waals surface area (Å²) in [7, 11) is -2.28. The molecule has 1 amide bonds. The number of carbonyl (C=O) groups excluding carboxylic acids is 1. The van der Waals surface area contributed by atoms with Crippen molar-refractivity contribution < 1.29 is 14.1 Å². The van der Waals surface area contributed by atoms with Gasteiger partial charge in [-0.3, -0.25) is 0 Å². The number of carbonyl (C=O) groups is 1. The van der Waals surface area contributed by atoms with Gasteiger partial charge < -0.3 is 20.4 Å². The highest BCUT2D eigenvalue weighted by Gasteiger charge is 2.35. The highest BCUT2D eigenvalue weighted by molar-refractivity contribution is 7.73. The fourth-order valence-corrected chi connectivity index (χ4v) is 7.87. The summed E-state index contributed by atoms with van der Waals surface area (Å²) in [5.74, 6) is 0.403. The molecule has 30 heavy (non-hydrogen) atoms. The predicted octanol–water partition coefficient (Wildman–Crippen LogP) is 4.95. The van der Waals surface area contributed by atoms with E-state index in [4.69, 9.17) is 15.5 Å². The van der Waals surface area contributed by atoms with Crippen LogP contribution in [0.4, 0.5) is 10.5 Å². The molecule has 3 N–H and O–H groups in total. The number of nitrogens with zero attached hydrogens (tertiary/aromatic N) is 1. The van der Waals surface area contributed by atoms with Crippen molar-refractivity contribution in [2.75, 3.05) is 18.1 Å². The maximum absolute atomic E-state index is 13.2. The van der Waals surface area contributed by atoms with Crippen molar-refractivity contribution in [3.05, 3.63) is 29.4 Å². The van der Waals surface area contributed by atoms with E-state index in [0.29, 0.717) is 11.6 Å². The van der Waals surface area contributed by atoms with Crippen LogP contribution < -0.4 is 16.4 Å². The second kappa shape index (κ2) is 8.72. The van der Waals surface area contributed by atoms with Crippen LogP contribution in [-0.2, 0) is 9.30 Å². The summed E-state index contributed by atoms with van der Waals surface area (Å²) >= 11 is 1.70. The Labute approximate surface area is 182 Å². The second-order valence-electron chi connectivity index (χ2n) is 8.68. The number of hydrogen-bond donors (Lipinski definition) is 2. The van der Waals surface area contributed by atoms with E-state index in [0.717, 1.165) is 65.2 Å². The quantitative estimate of drug-likeness (QED) is 0.500. The van der Waals surface area contributed by atoms with Gasteiger partial charge in [-0.25, -0.2) is 9.78 Å². The van der Waals surface area contributed by atoms with E-state index in [1.807, 2.05) is 38.2 Å². The molecular formula is C22H30N3O3PS. The van der Waals surface area contributed by atoms with Gasteiger partial charge in [-0.1, -0.05) is 6.07 Å². The topological polar surface area (TPSA) is 94.3 Å². The van der Waals surface area contributed by atoms with Gasteiger partial charge in [0.25, 0.3) is 0 Å². The van der Waals surface area contributed by atoms with E-state index in [9.17, 15) is 9.36 Å². The molecule has 6 nitrogen and oxygen atoms in total. The molecular weight excluding hydrogens is 417 g/mol. The first-order valence-corrected chi connectivity index (χ1v) is 13.6. The maximum Gasteiger partial charge on any atom is 0.407 e. The van der Waals surface area contributed by atoms with Gasteiger partial charge in [0, 0.05) is 47.0 Å². The fourth-order valence-electron chi connectivity index (χ4n) is 4.28. The van der Waals surface area contributed by atoms with Crippen molar-refractivity contribution in [2.45, 2.75) is 64.0 Å². The zero-order chi connectivity index (χ0) is 21.3. The Bertz CT molecular complexity index is 958. The van der Waals surface area contributed by atoms with Gasteiger partial charge in [-0.2, -0.15) is 0 Å². The number of aromatic nitrogens is 1. The molecule has 1 aromatic carbocycles. The number of benzene rings is 1. The molecule has 2 fully saturated rings. The maximum atomic E-state index is 13.2. The van der Waals surface area contributed by atoms with Gasteiger partial charge in [0.2, 0.25) is 0 Å². The molecule has 0 bridgehead atoms. The molecule has 0 unspecified atom stereocenters. The van der Waals surface area contributed by atoms with E-state index in [2.05, 4.69) is 5.32 Å². The second-order valence-corrected chi connectivity index (χ2v) is 12.9. The van der Waals surface area contributed by atoms with Gasteiger partial charge >= 0.3 is 6.09 Å². The third kappa shape index (κ3) is 4.57. The summed E-state index contributed by atoms with van der Waals surface area (Å²) < 4.78 is 18.4. The Kier molecular flexibility index (Phi) is 6.21. The van der Waals surface area contributed by atoms with Crippen LogP contribution in [0.25, 0.3) is 10.4 Å². The number of hydrogen-bond acceptors (Lipinski definition) is 6. The van der Waals surface area contributed by atoms with Crippen LogP contribution in [0.2, 0.25) is 0 Å². The average Bonchev–Trinajstić information content (AvgIpc) is 3.16. The van der Waals surface area contributed by atoms with Gasteiger partial charge in [-0.15, -0.1) is 11.3 Å². The van der Waals surface area contributed by atoms with Crippen LogP contribution in [-0.4, -0.2) is 35.5 Å². The third-order valence-electron chi connectivity index (χ3n) is 6.03. The van der Waals surface area contributed by atoms with E-state index in [-0.39, 0.29) is 18.2 Å². The number of anilines is 1. The summed E-state index contributed by atoms with van der Waals surface area (Å²) in [5, 5.41) is 5.03. The molecule has 0 radical (unpaired) electrons. The normalized spacial score (nSPS) is 23.0. The van der Waals surface area contributed by atoms with Crippen molar-refractivity contribution >= 4 is 35.6 Å². The van der Waals surface area contributed by atoms with Crippen LogP contribution in [0.3, 0.4) is 0 Å². The molecule has 0 spiro atoms. The number of ether oxygens (including phenoxy) is 1.